The predicted molar refractivity (Wildman–Crippen MR) is 115 cm³/mol. The van der Waals surface area contributed by atoms with Gasteiger partial charge in [0.15, 0.2) is 0 Å². The van der Waals surface area contributed by atoms with Gasteiger partial charge in [-0.3, -0.25) is 4.90 Å². The highest BCUT2D eigenvalue weighted by atomic mass is 15.3. The molecule has 0 aromatic carbocycles. The van der Waals surface area contributed by atoms with Gasteiger partial charge in [-0.05, 0) is 25.9 Å². The third-order valence-electron chi connectivity index (χ3n) is 5.16. The van der Waals surface area contributed by atoms with Crippen LogP contribution in [-0.2, 0) is 0 Å². The standard InChI is InChI=1S/C21H47N5/c1-2-3-4-5-6-7-8-9-10-11-19-26-20-24-17-15-22-13-12-14-23-16-18-25-21-26/h22-25H,2-21H2,1H3. The average molecular weight is 370 g/mol. The van der Waals surface area contributed by atoms with Crippen molar-refractivity contribution in [1.29, 1.82) is 0 Å². The first-order valence-electron chi connectivity index (χ1n) is 11.5. The van der Waals surface area contributed by atoms with Crippen LogP contribution < -0.4 is 21.3 Å². The van der Waals surface area contributed by atoms with E-state index in [0.29, 0.717) is 0 Å². The van der Waals surface area contributed by atoms with Crippen LogP contribution in [0.3, 0.4) is 0 Å². The molecule has 0 bridgehead atoms. The van der Waals surface area contributed by atoms with Gasteiger partial charge in [0.25, 0.3) is 0 Å². The molecule has 0 aromatic rings. The van der Waals surface area contributed by atoms with Crippen LogP contribution in [0.25, 0.3) is 0 Å². The third-order valence-corrected chi connectivity index (χ3v) is 5.16. The first kappa shape index (κ1) is 23.8. The second kappa shape index (κ2) is 19.6. The number of nitrogens with zero attached hydrogens (tertiary/aromatic N) is 1. The summed E-state index contributed by atoms with van der Waals surface area (Å²) in [5, 5.41) is 14.2. The first-order valence-corrected chi connectivity index (χ1v) is 11.5. The summed E-state index contributed by atoms with van der Waals surface area (Å²) < 4.78 is 0. The molecule has 0 amide bonds. The van der Waals surface area contributed by atoms with Gasteiger partial charge in [-0.25, -0.2) is 0 Å². The van der Waals surface area contributed by atoms with Gasteiger partial charge >= 0.3 is 0 Å². The summed E-state index contributed by atoms with van der Waals surface area (Å²) in [6.45, 7) is 12.0. The van der Waals surface area contributed by atoms with Crippen LogP contribution >= 0.6 is 0 Å². The van der Waals surface area contributed by atoms with Crippen LogP contribution in [0.2, 0.25) is 0 Å². The Hall–Kier alpha value is -0.200. The van der Waals surface area contributed by atoms with E-state index in [1.165, 1.54) is 77.2 Å². The molecule has 1 heterocycles. The van der Waals surface area contributed by atoms with Crippen LogP contribution in [0.1, 0.15) is 77.6 Å². The van der Waals surface area contributed by atoms with Crippen molar-refractivity contribution >= 4 is 0 Å². The quantitative estimate of drug-likeness (QED) is 0.422. The minimum Gasteiger partial charge on any atom is -0.315 e. The largest absolute Gasteiger partial charge is 0.315 e. The van der Waals surface area contributed by atoms with Gasteiger partial charge in [-0.2, -0.15) is 0 Å². The molecule has 0 aliphatic carbocycles. The van der Waals surface area contributed by atoms with Gasteiger partial charge < -0.3 is 21.3 Å². The summed E-state index contributed by atoms with van der Waals surface area (Å²) in [5.74, 6) is 0. The SMILES string of the molecule is CCCCCCCCCCCCN1CNCCNCCCNCCNC1. The van der Waals surface area contributed by atoms with Crippen molar-refractivity contribution in [2.24, 2.45) is 0 Å². The van der Waals surface area contributed by atoms with Crippen molar-refractivity contribution in [3.63, 3.8) is 0 Å². The van der Waals surface area contributed by atoms with E-state index < -0.39 is 0 Å². The van der Waals surface area contributed by atoms with Gasteiger partial charge in [0.1, 0.15) is 0 Å². The maximum atomic E-state index is 3.58. The summed E-state index contributed by atoms with van der Waals surface area (Å²) >= 11 is 0. The molecule has 0 aromatic heterocycles. The molecule has 26 heavy (non-hydrogen) atoms. The monoisotopic (exact) mass is 369 g/mol. The molecule has 1 rings (SSSR count). The Bertz CT molecular complexity index is 261. The summed E-state index contributed by atoms with van der Waals surface area (Å²) in [6, 6.07) is 0. The molecule has 156 valence electrons. The third kappa shape index (κ3) is 16.0. The Labute approximate surface area is 163 Å². The van der Waals surface area contributed by atoms with Crippen LogP contribution in [0.4, 0.5) is 0 Å². The molecule has 1 fully saturated rings. The molecule has 0 radical (unpaired) electrons. The highest BCUT2D eigenvalue weighted by molar-refractivity contribution is 4.61. The minimum atomic E-state index is 1.000. The van der Waals surface area contributed by atoms with Gasteiger partial charge in [0.05, 0.1) is 0 Å². The van der Waals surface area contributed by atoms with Crippen molar-refractivity contribution in [1.82, 2.24) is 26.2 Å². The van der Waals surface area contributed by atoms with Gasteiger partial charge in [-0.15, -0.1) is 0 Å². The molecular weight excluding hydrogens is 322 g/mol. The van der Waals surface area contributed by atoms with Crippen LogP contribution in [0, 0.1) is 0 Å². The number of rotatable bonds is 11. The molecule has 0 unspecified atom stereocenters. The molecule has 1 saturated heterocycles. The molecule has 1 aliphatic heterocycles. The molecular formula is C21H47N5. The normalized spacial score (nSPS) is 19.3. The molecule has 0 saturated carbocycles. The summed E-state index contributed by atoms with van der Waals surface area (Å²) in [4.78, 5) is 2.52. The zero-order chi connectivity index (χ0) is 18.5. The van der Waals surface area contributed by atoms with Crippen LogP contribution in [0.15, 0.2) is 0 Å². The highest BCUT2D eigenvalue weighted by Gasteiger charge is 2.04. The minimum absolute atomic E-state index is 1.000. The Morgan fingerprint density at radius 2 is 1.00 bits per heavy atom. The van der Waals surface area contributed by atoms with E-state index in [1.807, 2.05) is 0 Å². The van der Waals surface area contributed by atoms with Crippen molar-refractivity contribution in [3.05, 3.63) is 0 Å². The van der Waals surface area contributed by atoms with Crippen molar-refractivity contribution < 1.29 is 0 Å². The van der Waals surface area contributed by atoms with E-state index in [-0.39, 0.29) is 0 Å². The lowest BCUT2D eigenvalue weighted by molar-refractivity contribution is 0.229. The predicted octanol–water partition coefficient (Wildman–Crippen LogP) is 2.89. The fourth-order valence-electron chi connectivity index (χ4n) is 3.45. The zero-order valence-electron chi connectivity index (χ0n) is 17.6. The second-order valence-corrected chi connectivity index (χ2v) is 7.75. The lowest BCUT2D eigenvalue weighted by atomic mass is 10.1. The highest BCUT2D eigenvalue weighted by Crippen LogP contribution is 2.10. The maximum Gasteiger partial charge on any atom is 0.0492 e. The van der Waals surface area contributed by atoms with Gasteiger partial charge in [-0.1, -0.05) is 64.7 Å². The van der Waals surface area contributed by atoms with E-state index in [4.69, 9.17) is 0 Å². The van der Waals surface area contributed by atoms with E-state index in [1.54, 1.807) is 0 Å². The van der Waals surface area contributed by atoms with E-state index >= 15 is 0 Å². The smallest absolute Gasteiger partial charge is 0.0492 e. The zero-order valence-corrected chi connectivity index (χ0v) is 17.6. The van der Waals surface area contributed by atoms with Crippen molar-refractivity contribution in [3.8, 4) is 0 Å². The summed E-state index contributed by atoms with van der Waals surface area (Å²) in [5.41, 5.74) is 0. The van der Waals surface area contributed by atoms with Gasteiger partial charge in [0.2, 0.25) is 0 Å². The molecule has 5 heteroatoms. The van der Waals surface area contributed by atoms with E-state index in [2.05, 4.69) is 33.1 Å². The Balaban J connectivity index is 2.02. The molecule has 5 nitrogen and oxygen atoms in total. The average Bonchev–Trinajstić information content (AvgIpc) is 2.66. The van der Waals surface area contributed by atoms with Crippen molar-refractivity contribution in [2.45, 2.75) is 77.6 Å². The molecule has 0 spiro atoms. The first-order chi connectivity index (χ1) is 12.9. The second-order valence-electron chi connectivity index (χ2n) is 7.75. The number of hydrogen-bond acceptors (Lipinski definition) is 5. The summed E-state index contributed by atoms with van der Waals surface area (Å²) in [7, 11) is 0. The summed E-state index contributed by atoms with van der Waals surface area (Å²) in [6.07, 6.45) is 15.3. The van der Waals surface area contributed by atoms with E-state index in [0.717, 1.165) is 52.6 Å². The van der Waals surface area contributed by atoms with Crippen LogP contribution in [0.5, 0.6) is 0 Å². The number of hydrogen-bond donors (Lipinski definition) is 4. The van der Waals surface area contributed by atoms with Gasteiger partial charge in [0, 0.05) is 46.1 Å². The number of unbranched alkanes of at least 4 members (excludes halogenated alkanes) is 9. The maximum absolute atomic E-state index is 3.58. The Morgan fingerprint density at radius 3 is 1.54 bits per heavy atom. The van der Waals surface area contributed by atoms with Crippen LogP contribution in [-0.4, -0.2) is 64.1 Å². The topological polar surface area (TPSA) is 51.4 Å². The molecule has 1 aliphatic rings. The lowest BCUT2D eigenvalue weighted by Gasteiger charge is -2.24. The Morgan fingerprint density at radius 1 is 0.538 bits per heavy atom. The van der Waals surface area contributed by atoms with E-state index in [9.17, 15) is 0 Å². The molecule has 4 N–H and O–H groups in total. The lowest BCUT2D eigenvalue weighted by Crippen LogP contribution is -2.44. The molecule has 0 atom stereocenters. The fourth-order valence-corrected chi connectivity index (χ4v) is 3.45. The fraction of sp³-hybridized carbons (Fsp3) is 1.00. The Kier molecular flexibility index (Phi) is 17.9. The number of nitrogens with one attached hydrogen (secondary N) is 4. The van der Waals surface area contributed by atoms with Crippen molar-refractivity contribution in [2.75, 3.05) is 59.2 Å².